The van der Waals surface area contributed by atoms with Gasteiger partial charge in [-0.15, -0.1) is 0 Å². The number of rotatable bonds is 3. The molecule has 0 radical (unpaired) electrons. The molecule has 1 fully saturated rings. The van der Waals surface area contributed by atoms with E-state index < -0.39 is 0 Å². The number of ether oxygens (including phenoxy) is 1. The van der Waals surface area contributed by atoms with Gasteiger partial charge in [-0.2, -0.15) is 0 Å². The third-order valence-electron chi connectivity index (χ3n) is 4.63. The summed E-state index contributed by atoms with van der Waals surface area (Å²) in [7, 11) is 3.33. The molecule has 0 saturated heterocycles. The van der Waals surface area contributed by atoms with E-state index in [1.165, 1.54) is 13.5 Å². The first kappa shape index (κ1) is 14.0. The monoisotopic (exact) mass is 311 g/mol. The van der Waals surface area contributed by atoms with Crippen LogP contribution >= 0.6 is 0 Å². The summed E-state index contributed by atoms with van der Waals surface area (Å²) in [5.41, 5.74) is 4.13. The maximum atomic E-state index is 11.7. The maximum absolute atomic E-state index is 11.7. The van der Waals surface area contributed by atoms with Crippen molar-refractivity contribution in [2.24, 2.45) is 7.05 Å². The summed E-state index contributed by atoms with van der Waals surface area (Å²) in [5, 5.41) is 4.18. The lowest BCUT2D eigenvalue weighted by Gasteiger charge is -2.23. The van der Waals surface area contributed by atoms with Crippen LogP contribution in [-0.2, 0) is 11.8 Å². The van der Waals surface area contributed by atoms with Crippen molar-refractivity contribution in [2.75, 3.05) is 7.11 Å². The Kier molecular flexibility index (Phi) is 3.18. The fraction of sp³-hybridized carbons (Fsp3) is 0.353. The second-order valence-electron chi connectivity index (χ2n) is 5.93. The molecule has 3 aromatic rings. The number of esters is 1. The minimum absolute atomic E-state index is 0.362. The number of aryl methyl sites for hydroxylation is 1. The standard InChI is InChI=1S/C17H17N3O3/c1-20-14-7-6-11(17(21)22-2)8-13(14)18-16(20)12-9-23-19-15(12)10-4-3-5-10/h6-10H,3-5H2,1-2H3. The third-order valence-corrected chi connectivity index (χ3v) is 4.63. The van der Waals surface area contributed by atoms with Crippen LogP contribution in [0.5, 0.6) is 0 Å². The molecule has 2 heterocycles. The van der Waals surface area contributed by atoms with E-state index in [0.29, 0.717) is 11.5 Å². The zero-order valence-corrected chi connectivity index (χ0v) is 13.1. The molecule has 23 heavy (non-hydrogen) atoms. The zero-order valence-electron chi connectivity index (χ0n) is 13.1. The number of carbonyl (C=O) groups excluding carboxylic acids is 1. The van der Waals surface area contributed by atoms with Crippen molar-refractivity contribution >= 4 is 17.0 Å². The van der Waals surface area contributed by atoms with Crippen LogP contribution in [0.25, 0.3) is 22.4 Å². The fourth-order valence-electron chi connectivity index (χ4n) is 3.07. The summed E-state index contributed by atoms with van der Waals surface area (Å²) in [6, 6.07) is 5.38. The van der Waals surface area contributed by atoms with Gasteiger partial charge in [0.25, 0.3) is 0 Å². The Hall–Kier alpha value is -2.63. The molecule has 6 heteroatoms. The van der Waals surface area contributed by atoms with Crippen LogP contribution in [0.1, 0.15) is 41.2 Å². The lowest BCUT2D eigenvalue weighted by atomic mass is 9.81. The highest BCUT2D eigenvalue weighted by Gasteiger charge is 2.28. The van der Waals surface area contributed by atoms with Crippen molar-refractivity contribution in [3.63, 3.8) is 0 Å². The maximum Gasteiger partial charge on any atom is 0.337 e. The zero-order chi connectivity index (χ0) is 16.0. The van der Waals surface area contributed by atoms with E-state index in [0.717, 1.165) is 41.0 Å². The number of imidazole rings is 1. The summed E-state index contributed by atoms with van der Waals surface area (Å²) in [6.45, 7) is 0. The number of fused-ring (bicyclic) bond motifs is 1. The molecule has 6 nitrogen and oxygen atoms in total. The SMILES string of the molecule is COC(=O)c1ccc2c(c1)nc(-c1conc1C1CCC1)n2C. The lowest BCUT2D eigenvalue weighted by molar-refractivity contribution is 0.0601. The van der Waals surface area contributed by atoms with Crippen LogP contribution < -0.4 is 0 Å². The average Bonchev–Trinajstić information content (AvgIpc) is 3.09. The summed E-state index contributed by atoms with van der Waals surface area (Å²) in [6.07, 6.45) is 5.20. The Morgan fingerprint density at radius 2 is 2.22 bits per heavy atom. The molecule has 118 valence electrons. The molecule has 0 aliphatic heterocycles. The highest BCUT2D eigenvalue weighted by atomic mass is 16.5. The Morgan fingerprint density at radius 1 is 1.39 bits per heavy atom. The lowest BCUT2D eigenvalue weighted by Crippen LogP contribution is -2.10. The van der Waals surface area contributed by atoms with Gasteiger partial charge in [-0.3, -0.25) is 0 Å². The molecule has 1 aliphatic rings. The molecular weight excluding hydrogens is 294 g/mol. The van der Waals surface area contributed by atoms with Gasteiger partial charge in [0.2, 0.25) is 0 Å². The van der Waals surface area contributed by atoms with Gasteiger partial charge in [0.15, 0.2) is 0 Å². The minimum Gasteiger partial charge on any atom is -0.465 e. The molecule has 0 spiro atoms. The van der Waals surface area contributed by atoms with Gasteiger partial charge in [-0.25, -0.2) is 9.78 Å². The van der Waals surface area contributed by atoms with E-state index in [1.54, 1.807) is 18.4 Å². The van der Waals surface area contributed by atoms with E-state index in [4.69, 9.17) is 9.26 Å². The van der Waals surface area contributed by atoms with E-state index in [1.807, 2.05) is 17.7 Å². The molecular formula is C17H17N3O3. The number of carbonyl (C=O) groups is 1. The highest BCUT2D eigenvalue weighted by molar-refractivity contribution is 5.94. The quantitative estimate of drug-likeness (QED) is 0.694. The third kappa shape index (κ3) is 2.13. The normalized spacial score (nSPS) is 14.9. The van der Waals surface area contributed by atoms with Crippen molar-refractivity contribution < 1.29 is 14.1 Å². The molecule has 0 atom stereocenters. The van der Waals surface area contributed by atoms with Gasteiger partial charge in [0.1, 0.15) is 12.1 Å². The van der Waals surface area contributed by atoms with Crippen LogP contribution in [0.15, 0.2) is 29.0 Å². The predicted octanol–water partition coefficient (Wildman–Crippen LogP) is 3.28. The largest absolute Gasteiger partial charge is 0.465 e. The van der Waals surface area contributed by atoms with Crippen LogP contribution in [0.2, 0.25) is 0 Å². The minimum atomic E-state index is -0.362. The van der Waals surface area contributed by atoms with Crippen molar-refractivity contribution in [1.29, 1.82) is 0 Å². The first-order valence-corrected chi connectivity index (χ1v) is 7.68. The molecule has 4 rings (SSSR count). The summed E-state index contributed by atoms with van der Waals surface area (Å²) in [5.74, 6) is 0.915. The molecule has 0 N–H and O–H groups in total. The van der Waals surface area contributed by atoms with E-state index in [2.05, 4.69) is 10.1 Å². The number of benzene rings is 1. The van der Waals surface area contributed by atoms with Gasteiger partial charge in [-0.1, -0.05) is 11.6 Å². The van der Waals surface area contributed by atoms with Crippen molar-refractivity contribution in [3.8, 4) is 11.4 Å². The van der Waals surface area contributed by atoms with Gasteiger partial charge in [-0.05, 0) is 31.0 Å². The van der Waals surface area contributed by atoms with Gasteiger partial charge in [0, 0.05) is 13.0 Å². The number of nitrogens with zero attached hydrogens (tertiary/aromatic N) is 3. The first-order valence-electron chi connectivity index (χ1n) is 7.68. The van der Waals surface area contributed by atoms with E-state index >= 15 is 0 Å². The number of aromatic nitrogens is 3. The molecule has 1 aliphatic carbocycles. The van der Waals surface area contributed by atoms with Crippen LogP contribution in [0, 0.1) is 0 Å². The van der Waals surface area contributed by atoms with Gasteiger partial charge >= 0.3 is 5.97 Å². The molecule has 0 bridgehead atoms. The summed E-state index contributed by atoms with van der Waals surface area (Å²) in [4.78, 5) is 16.4. The van der Waals surface area contributed by atoms with Crippen molar-refractivity contribution in [2.45, 2.75) is 25.2 Å². The molecule has 2 aromatic heterocycles. The smallest absolute Gasteiger partial charge is 0.337 e. The van der Waals surface area contributed by atoms with E-state index in [9.17, 15) is 4.79 Å². The summed E-state index contributed by atoms with van der Waals surface area (Å²) < 4.78 is 12.0. The Labute approximate surface area is 133 Å². The van der Waals surface area contributed by atoms with E-state index in [-0.39, 0.29) is 5.97 Å². The van der Waals surface area contributed by atoms with Crippen molar-refractivity contribution in [3.05, 3.63) is 35.7 Å². The second-order valence-corrected chi connectivity index (χ2v) is 5.93. The van der Waals surface area contributed by atoms with Crippen LogP contribution in [0.4, 0.5) is 0 Å². The van der Waals surface area contributed by atoms with Crippen LogP contribution in [-0.4, -0.2) is 27.8 Å². The van der Waals surface area contributed by atoms with Gasteiger partial charge < -0.3 is 13.8 Å². The number of hydrogen-bond acceptors (Lipinski definition) is 5. The molecule has 0 unspecified atom stereocenters. The Morgan fingerprint density at radius 3 is 2.91 bits per heavy atom. The fourth-order valence-corrected chi connectivity index (χ4v) is 3.07. The van der Waals surface area contributed by atoms with Crippen LogP contribution in [0.3, 0.4) is 0 Å². The number of hydrogen-bond donors (Lipinski definition) is 0. The highest BCUT2D eigenvalue weighted by Crippen LogP contribution is 2.40. The Balaban J connectivity index is 1.83. The molecule has 0 amide bonds. The second kappa shape index (κ2) is 5.22. The van der Waals surface area contributed by atoms with Crippen molar-refractivity contribution in [1.82, 2.24) is 14.7 Å². The Bertz CT molecular complexity index is 890. The first-order chi connectivity index (χ1) is 11.2. The molecule has 1 saturated carbocycles. The average molecular weight is 311 g/mol. The number of methoxy groups -OCH3 is 1. The predicted molar refractivity (Wildman–Crippen MR) is 84.1 cm³/mol. The summed E-state index contributed by atoms with van der Waals surface area (Å²) >= 11 is 0. The molecule has 1 aromatic carbocycles. The van der Waals surface area contributed by atoms with Gasteiger partial charge in [0.05, 0.1) is 35.0 Å². The topological polar surface area (TPSA) is 70.2 Å².